The molecule has 1 aromatic rings. The van der Waals surface area contributed by atoms with Crippen LogP contribution in [0.2, 0.25) is 0 Å². The maximum absolute atomic E-state index is 4.24. The van der Waals surface area contributed by atoms with E-state index in [1.54, 1.807) is 0 Å². The van der Waals surface area contributed by atoms with Gasteiger partial charge in [0.05, 0.1) is 0 Å². The summed E-state index contributed by atoms with van der Waals surface area (Å²) < 4.78 is 1.98. The highest BCUT2D eigenvalue weighted by atomic mass is 15.3. The lowest BCUT2D eigenvalue weighted by Crippen LogP contribution is -2.46. The Labute approximate surface area is 117 Å². The van der Waals surface area contributed by atoms with Crippen LogP contribution in [0.4, 0.5) is 0 Å². The molecule has 0 saturated carbocycles. The Bertz CT molecular complexity index is 391. The zero-order valence-electron chi connectivity index (χ0n) is 12.8. The van der Waals surface area contributed by atoms with Crippen molar-refractivity contribution in [3.8, 4) is 0 Å². The van der Waals surface area contributed by atoms with E-state index in [1.165, 1.54) is 18.7 Å². The zero-order chi connectivity index (χ0) is 13.9. The molecule has 2 rings (SSSR count). The van der Waals surface area contributed by atoms with Gasteiger partial charge in [0.15, 0.2) is 0 Å². The molecule has 1 aliphatic heterocycles. The Hall–Kier alpha value is -0.870. The number of hydrogen-bond acceptors (Lipinski definition) is 3. The van der Waals surface area contributed by atoms with E-state index in [4.69, 9.17) is 0 Å². The number of nitrogens with zero attached hydrogens (tertiary/aromatic N) is 3. The van der Waals surface area contributed by atoms with Gasteiger partial charge < -0.3 is 10.2 Å². The average molecular weight is 264 g/mol. The molecule has 1 fully saturated rings. The second-order valence-corrected chi connectivity index (χ2v) is 6.72. The van der Waals surface area contributed by atoms with E-state index in [1.807, 2.05) is 17.9 Å². The van der Waals surface area contributed by atoms with Gasteiger partial charge >= 0.3 is 0 Å². The lowest BCUT2D eigenvalue weighted by molar-refractivity contribution is 0.198. The Morgan fingerprint density at radius 3 is 2.84 bits per heavy atom. The van der Waals surface area contributed by atoms with Gasteiger partial charge in [-0.15, -0.1) is 0 Å². The molecule has 108 valence electrons. The van der Waals surface area contributed by atoms with Gasteiger partial charge in [0.25, 0.3) is 0 Å². The van der Waals surface area contributed by atoms with Crippen LogP contribution in [-0.2, 0) is 13.5 Å². The molecular weight excluding hydrogens is 236 g/mol. The summed E-state index contributed by atoms with van der Waals surface area (Å²) in [7, 11) is 2.03. The summed E-state index contributed by atoms with van der Waals surface area (Å²) >= 11 is 0. The van der Waals surface area contributed by atoms with Gasteiger partial charge in [-0.25, -0.2) is 0 Å². The molecule has 0 aliphatic carbocycles. The molecular formula is C15H28N4. The third-order valence-corrected chi connectivity index (χ3v) is 4.13. The highest BCUT2D eigenvalue weighted by Crippen LogP contribution is 2.21. The van der Waals surface area contributed by atoms with Crippen molar-refractivity contribution in [3.63, 3.8) is 0 Å². The Kier molecular flexibility index (Phi) is 4.63. The van der Waals surface area contributed by atoms with Crippen LogP contribution in [0.15, 0.2) is 12.3 Å². The van der Waals surface area contributed by atoms with E-state index in [0.29, 0.717) is 11.5 Å². The molecule has 1 unspecified atom stereocenters. The summed E-state index contributed by atoms with van der Waals surface area (Å²) in [6, 6.07) is 2.71. The van der Waals surface area contributed by atoms with E-state index >= 15 is 0 Å². The molecule has 0 spiro atoms. The lowest BCUT2D eigenvalue weighted by Gasteiger charge is -2.33. The summed E-state index contributed by atoms with van der Waals surface area (Å²) in [5.41, 5.74) is 1.65. The van der Waals surface area contributed by atoms with Crippen molar-refractivity contribution in [2.45, 2.75) is 39.7 Å². The Balaban J connectivity index is 1.90. The molecule has 1 aromatic heterocycles. The second kappa shape index (κ2) is 6.06. The molecule has 2 heterocycles. The van der Waals surface area contributed by atoms with E-state index in [0.717, 1.165) is 26.1 Å². The van der Waals surface area contributed by atoms with E-state index in [-0.39, 0.29) is 0 Å². The van der Waals surface area contributed by atoms with Crippen molar-refractivity contribution in [2.24, 2.45) is 12.5 Å². The molecule has 1 saturated heterocycles. The number of aryl methyl sites for hydroxylation is 1. The molecule has 0 bridgehead atoms. The smallest absolute Gasteiger partial charge is 0.0492 e. The highest BCUT2D eigenvalue weighted by Gasteiger charge is 2.27. The first-order chi connectivity index (χ1) is 8.97. The van der Waals surface area contributed by atoms with Crippen molar-refractivity contribution >= 4 is 0 Å². The third kappa shape index (κ3) is 4.05. The summed E-state index contributed by atoms with van der Waals surface area (Å²) in [6.45, 7) is 11.6. The van der Waals surface area contributed by atoms with Crippen LogP contribution in [0.1, 0.15) is 32.9 Å². The molecule has 0 radical (unpaired) electrons. The first-order valence-corrected chi connectivity index (χ1v) is 7.39. The maximum atomic E-state index is 4.24. The van der Waals surface area contributed by atoms with Gasteiger partial charge in [-0.1, -0.05) is 20.8 Å². The monoisotopic (exact) mass is 264 g/mol. The number of nitrogens with one attached hydrogen (secondary N) is 1. The van der Waals surface area contributed by atoms with E-state index in [2.05, 4.69) is 42.2 Å². The van der Waals surface area contributed by atoms with Crippen LogP contribution in [0.25, 0.3) is 0 Å². The summed E-state index contributed by atoms with van der Waals surface area (Å²) in [5, 5.41) is 7.94. The minimum Gasteiger partial charge on any atom is -0.312 e. The van der Waals surface area contributed by atoms with Crippen LogP contribution in [0.3, 0.4) is 0 Å². The standard InChI is InChI=1S/C15H28N4/c1-15(2,3)14-12-19(10-5-8-16-14)11-7-13-6-9-17-18(13)4/h6,9,14,16H,5,7-8,10-12H2,1-4H3. The quantitative estimate of drug-likeness (QED) is 0.901. The average Bonchev–Trinajstić information content (AvgIpc) is 2.61. The minimum atomic E-state index is 0.328. The van der Waals surface area contributed by atoms with E-state index < -0.39 is 0 Å². The summed E-state index contributed by atoms with van der Waals surface area (Å²) in [5.74, 6) is 0. The van der Waals surface area contributed by atoms with Crippen LogP contribution < -0.4 is 5.32 Å². The van der Waals surface area contributed by atoms with Crippen molar-refractivity contribution < 1.29 is 0 Å². The fourth-order valence-electron chi connectivity index (χ4n) is 2.70. The maximum Gasteiger partial charge on any atom is 0.0492 e. The highest BCUT2D eigenvalue weighted by molar-refractivity contribution is 5.00. The number of rotatable bonds is 3. The molecule has 4 nitrogen and oxygen atoms in total. The van der Waals surface area contributed by atoms with Crippen molar-refractivity contribution in [1.82, 2.24) is 20.0 Å². The number of hydrogen-bond donors (Lipinski definition) is 1. The third-order valence-electron chi connectivity index (χ3n) is 4.13. The van der Waals surface area contributed by atoms with E-state index in [9.17, 15) is 0 Å². The van der Waals surface area contributed by atoms with Crippen LogP contribution in [0, 0.1) is 5.41 Å². The largest absolute Gasteiger partial charge is 0.312 e. The first-order valence-electron chi connectivity index (χ1n) is 7.39. The predicted molar refractivity (Wildman–Crippen MR) is 79.2 cm³/mol. The molecule has 19 heavy (non-hydrogen) atoms. The van der Waals surface area contributed by atoms with Crippen molar-refractivity contribution in [1.29, 1.82) is 0 Å². The summed E-state index contributed by atoms with van der Waals surface area (Å²) in [6.07, 6.45) is 4.22. The van der Waals surface area contributed by atoms with Crippen molar-refractivity contribution in [3.05, 3.63) is 18.0 Å². The Morgan fingerprint density at radius 1 is 1.42 bits per heavy atom. The number of aromatic nitrogens is 2. The van der Waals surface area contributed by atoms with Gasteiger partial charge in [-0.05, 0) is 31.0 Å². The fraction of sp³-hybridized carbons (Fsp3) is 0.800. The van der Waals surface area contributed by atoms with Gasteiger partial charge in [0.1, 0.15) is 0 Å². The van der Waals surface area contributed by atoms with Gasteiger partial charge in [-0.2, -0.15) is 5.10 Å². The van der Waals surface area contributed by atoms with Gasteiger partial charge in [0, 0.05) is 44.5 Å². The molecule has 1 atom stereocenters. The van der Waals surface area contributed by atoms with Crippen LogP contribution >= 0.6 is 0 Å². The lowest BCUT2D eigenvalue weighted by atomic mass is 9.86. The molecule has 1 aliphatic rings. The second-order valence-electron chi connectivity index (χ2n) is 6.72. The molecule has 4 heteroatoms. The van der Waals surface area contributed by atoms with Crippen LogP contribution in [0.5, 0.6) is 0 Å². The molecule has 0 amide bonds. The minimum absolute atomic E-state index is 0.328. The predicted octanol–water partition coefficient (Wildman–Crippen LogP) is 1.67. The van der Waals surface area contributed by atoms with Gasteiger partial charge in [-0.3, -0.25) is 4.68 Å². The SMILES string of the molecule is Cn1nccc1CCN1CCCNC(C(C)(C)C)C1. The zero-order valence-corrected chi connectivity index (χ0v) is 12.8. The van der Waals surface area contributed by atoms with Crippen LogP contribution in [-0.4, -0.2) is 46.9 Å². The molecule has 1 N–H and O–H groups in total. The fourth-order valence-corrected chi connectivity index (χ4v) is 2.70. The normalized spacial score (nSPS) is 22.4. The first kappa shape index (κ1) is 14.5. The van der Waals surface area contributed by atoms with Crippen molar-refractivity contribution in [2.75, 3.05) is 26.2 Å². The Morgan fingerprint density at radius 2 is 2.21 bits per heavy atom. The topological polar surface area (TPSA) is 33.1 Å². The molecule has 0 aromatic carbocycles. The van der Waals surface area contributed by atoms with Gasteiger partial charge in [0.2, 0.25) is 0 Å². The summed E-state index contributed by atoms with van der Waals surface area (Å²) in [4.78, 5) is 2.60.